The van der Waals surface area contributed by atoms with E-state index in [1.54, 1.807) is 0 Å². The number of Topliss-reactive ketones (excluding diaryl/α,β-unsaturated/α-hetero) is 1. The summed E-state index contributed by atoms with van der Waals surface area (Å²) in [5.74, 6) is -4.96. The van der Waals surface area contributed by atoms with Gasteiger partial charge in [-0.25, -0.2) is 4.79 Å². The standard InChI is InChI=1S/C6H6O6/c1-3(7)6(11)12-5(10)2-4(8)9/h2H2,1H3,(H,8,9). The maximum atomic E-state index is 10.4. The first-order chi connectivity index (χ1) is 5.43. The number of esters is 2. The fraction of sp³-hybridized carbons (Fsp3) is 0.333. The first-order valence-electron chi connectivity index (χ1n) is 2.91. The molecule has 0 spiro atoms. The quantitative estimate of drug-likeness (QED) is 0.339. The van der Waals surface area contributed by atoms with Crippen molar-refractivity contribution in [1.82, 2.24) is 0 Å². The molecule has 0 saturated heterocycles. The zero-order valence-corrected chi connectivity index (χ0v) is 6.20. The summed E-state index contributed by atoms with van der Waals surface area (Å²) in [5, 5.41) is 8.04. The van der Waals surface area contributed by atoms with Crippen molar-refractivity contribution in [3.63, 3.8) is 0 Å². The van der Waals surface area contributed by atoms with Gasteiger partial charge in [-0.1, -0.05) is 0 Å². The predicted octanol–water partition coefficient (Wildman–Crippen LogP) is -0.880. The average molecular weight is 174 g/mol. The van der Waals surface area contributed by atoms with Crippen molar-refractivity contribution < 1.29 is 29.0 Å². The molecule has 6 heteroatoms. The SMILES string of the molecule is CC(=O)C(=O)OC(=O)CC(=O)O. The number of carboxylic acid groups (broad SMARTS) is 1. The van der Waals surface area contributed by atoms with Crippen LogP contribution in [0, 0.1) is 0 Å². The molecule has 0 aliphatic carbocycles. The Morgan fingerprint density at radius 2 is 1.75 bits per heavy atom. The van der Waals surface area contributed by atoms with Gasteiger partial charge in [-0.2, -0.15) is 0 Å². The van der Waals surface area contributed by atoms with Crippen LogP contribution in [0.2, 0.25) is 0 Å². The Labute approximate surface area is 67.1 Å². The highest BCUT2D eigenvalue weighted by Gasteiger charge is 2.16. The Bertz CT molecular complexity index is 240. The molecule has 0 aliphatic rings. The minimum absolute atomic E-state index is 0.913. The third-order valence-corrected chi connectivity index (χ3v) is 0.790. The molecule has 1 N–H and O–H groups in total. The van der Waals surface area contributed by atoms with Crippen molar-refractivity contribution in [2.45, 2.75) is 13.3 Å². The van der Waals surface area contributed by atoms with E-state index in [0.717, 1.165) is 6.92 Å². The second-order valence-electron chi connectivity index (χ2n) is 1.89. The molecule has 6 nitrogen and oxygen atoms in total. The van der Waals surface area contributed by atoms with Crippen LogP contribution in [0.15, 0.2) is 0 Å². The molecule has 0 bridgehead atoms. The molecule has 0 radical (unpaired) electrons. The number of carboxylic acids is 1. The Kier molecular flexibility index (Phi) is 3.61. The van der Waals surface area contributed by atoms with E-state index in [9.17, 15) is 19.2 Å². The van der Waals surface area contributed by atoms with Gasteiger partial charge in [-0.05, 0) is 0 Å². The van der Waals surface area contributed by atoms with Crippen LogP contribution in [0.5, 0.6) is 0 Å². The van der Waals surface area contributed by atoms with E-state index < -0.39 is 30.1 Å². The van der Waals surface area contributed by atoms with Crippen molar-refractivity contribution in [2.24, 2.45) is 0 Å². The van der Waals surface area contributed by atoms with Crippen LogP contribution < -0.4 is 0 Å². The van der Waals surface area contributed by atoms with Crippen molar-refractivity contribution in [1.29, 1.82) is 0 Å². The topological polar surface area (TPSA) is 97.7 Å². The van der Waals surface area contributed by atoms with Crippen molar-refractivity contribution >= 4 is 23.7 Å². The predicted molar refractivity (Wildman–Crippen MR) is 34.0 cm³/mol. The van der Waals surface area contributed by atoms with Gasteiger partial charge in [0.1, 0.15) is 6.42 Å². The lowest BCUT2D eigenvalue weighted by molar-refractivity contribution is -0.165. The molecule has 0 atom stereocenters. The number of aliphatic carboxylic acids is 1. The monoisotopic (exact) mass is 174 g/mol. The van der Waals surface area contributed by atoms with Gasteiger partial charge in [-0.3, -0.25) is 14.4 Å². The lowest BCUT2D eigenvalue weighted by atomic mass is 10.4. The molecule has 0 aromatic rings. The van der Waals surface area contributed by atoms with Crippen LogP contribution in [-0.2, 0) is 23.9 Å². The molecule has 0 saturated carbocycles. The minimum atomic E-state index is -1.42. The highest BCUT2D eigenvalue weighted by molar-refractivity contribution is 6.34. The van der Waals surface area contributed by atoms with Gasteiger partial charge >= 0.3 is 17.9 Å². The van der Waals surface area contributed by atoms with Crippen molar-refractivity contribution in [2.75, 3.05) is 0 Å². The molecular weight excluding hydrogens is 168 g/mol. The number of rotatable bonds is 3. The number of carbonyl (C=O) groups is 4. The summed E-state index contributed by atoms with van der Waals surface area (Å²) in [6.07, 6.45) is -0.932. The summed E-state index contributed by atoms with van der Waals surface area (Å²) in [6, 6.07) is 0. The Hall–Kier alpha value is -1.72. The molecule has 0 aromatic heterocycles. The average Bonchev–Trinajstić information content (AvgIpc) is 1.84. The largest absolute Gasteiger partial charge is 0.481 e. The van der Waals surface area contributed by atoms with E-state index in [0.29, 0.717) is 0 Å². The summed E-state index contributed by atoms with van der Waals surface area (Å²) < 4.78 is 3.81. The highest BCUT2D eigenvalue weighted by atomic mass is 16.6. The molecule has 12 heavy (non-hydrogen) atoms. The first kappa shape index (κ1) is 10.3. The van der Waals surface area contributed by atoms with E-state index in [4.69, 9.17) is 5.11 Å². The molecule has 0 unspecified atom stereocenters. The van der Waals surface area contributed by atoms with Crippen LogP contribution in [0.4, 0.5) is 0 Å². The molecule has 0 rings (SSSR count). The zero-order chi connectivity index (χ0) is 9.72. The van der Waals surface area contributed by atoms with Gasteiger partial charge in [-0.15, -0.1) is 0 Å². The third-order valence-electron chi connectivity index (χ3n) is 0.790. The number of ether oxygens (including phenoxy) is 1. The Morgan fingerprint density at radius 1 is 1.25 bits per heavy atom. The smallest absolute Gasteiger partial charge is 0.381 e. The van der Waals surface area contributed by atoms with E-state index >= 15 is 0 Å². The Morgan fingerprint density at radius 3 is 2.08 bits per heavy atom. The van der Waals surface area contributed by atoms with Gasteiger partial charge in [0, 0.05) is 6.92 Å². The minimum Gasteiger partial charge on any atom is -0.481 e. The number of ketones is 1. The molecule has 0 fully saturated rings. The second kappa shape index (κ2) is 4.22. The van der Waals surface area contributed by atoms with E-state index in [1.165, 1.54) is 0 Å². The second-order valence-corrected chi connectivity index (χ2v) is 1.89. The molecule has 66 valence electrons. The maximum absolute atomic E-state index is 10.4. The molecule has 0 heterocycles. The fourth-order valence-corrected chi connectivity index (χ4v) is 0.335. The molecule has 0 amide bonds. The number of carbonyl (C=O) groups excluding carboxylic acids is 3. The van der Waals surface area contributed by atoms with Gasteiger partial charge in [0.15, 0.2) is 0 Å². The number of hydrogen-bond acceptors (Lipinski definition) is 5. The molecule has 0 aliphatic heterocycles. The van der Waals surface area contributed by atoms with Crippen molar-refractivity contribution in [3.8, 4) is 0 Å². The highest BCUT2D eigenvalue weighted by Crippen LogP contribution is 1.88. The fourth-order valence-electron chi connectivity index (χ4n) is 0.335. The summed E-state index contributed by atoms with van der Waals surface area (Å²) in [7, 11) is 0. The van der Waals surface area contributed by atoms with Gasteiger partial charge < -0.3 is 9.84 Å². The van der Waals surface area contributed by atoms with Gasteiger partial charge in [0.25, 0.3) is 0 Å². The zero-order valence-electron chi connectivity index (χ0n) is 6.20. The molecular formula is C6H6O6. The lowest BCUT2D eigenvalue weighted by Crippen LogP contribution is -2.20. The van der Waals surface area contributed by atoms with Crippen LogP contribution in [0.1, 0.15) is 13.3 Å². The molecule has 0 aromatic carbocycles. The van der Waals surface area contributed by atoms with Crippen LogP contribution in [0.3, 0.4) is 0 Å². The lowest BCUT2D eigenvalue weighted by Gasteiger charge is -1.95. The summed E-state index contributed by atoms with van der Waals surface area (Å²) in [5.41, 5.74) is 0. The van der Waals surface area contributed by atoms with E-state index in [2.05, 4.69) is 4.74 Å². The van der Waals surface area contributed by atoms with Gasteiger partial charge in [0.2, 0.25) is 5.78 Å². The van der Waals surface area contributed by atoms with Crippen molar-refractivity contribution in [3.05, 3.63) is 0 Å². The summed E-state index contributed by atoms with van der Waals surface area (Å²) >= 11 is 0. The van der Waals surface area contributed by atoms with Crippen LogP contribution in [-0.4, -0.2) is 28.8 Å². The van der Waals surface area contributed by atoms with E-state index in [-0.39, 0.29) is 0 Å². The van der Waals surface area contributed by atoms with E-state index in [1.807, 2.05) is 0 Å². The normalized spacial score (nSPS) is 8.75. The third kappa shape index (κ3) is 4.15. The maximum Gasteiger partial charge on any atom is 0.381 e. The van der Waals surface area contributed by atoms with Crippen LogP contribution >= 0.6 is 0 Å². The number of hydrogen-bond donors (Lipinski definition) is 1. The van der Waals surface area contributed by atoms with Crippen LogP contribution in [0.25, 0.3) is 0 Å². The Balaban J connectivity index is 3.94. The summed E-state index contributed by atoms with van der Waals surface area (Å²) in [4.78, 5) is 40.8. The summed E-state index contributed by atoms with van der Waals surface area (Å²) in [6.45, 7) is 0.913. The first-order valence-corrected chi connectivity index (χ1v) is 2.91. The van der Waals surface area contributed by atoms with Gasteiger partial charge in [0.05, 0.1) is 0 Å².